The van der Waals surface area contributed by atoms with E-state index >= 15 is 0 Å². The lowest BCUT2D eigenvalue weighted by Crippen LogP contribution is -1.98. The second kappa shape index (κ2) is 3.93. The normalized spacial score (nSPS) is 11.0. The van der Waals surface area contributed by atoms with Gasteiger partial charge in [0.1, 0.15) is 6.10 Å². The van der Waals surface area contributed by atoms with E-state index in [9.17, 15) is 4.79 Å². The number of carbonyl (C=O) groups excluding carboxylic acids is 1. The Morgan fingerprint density at radius 2 is 2.33 bits per heavy atom. The fraction of sp³-hybridized carbons (Fsp3) is 0.500. The Kier molecular flexibility index (Phi) is 3.49. The first kappa shape index (κ1) is 7.99. The molecule has 9 heavy (non-hydrogen) atoms. The number of carbonyl (C=O) groups is 1. The molecule has 0 radical (unpaired) electrons. The number of hydrogen-bond acceptors (Lipinski definition) is 3. The van der Waals surface area contributed by atoms with Crippen LogP contribution in [-0.4, -0.2) is 24.3 Å². The first-order valence-electron chi connectivity index (χ1n) is 2.44. The van der Waals surface area contributed by atoms with E-state index in [1.165, 1.54) is 14.0 Å². The van der Waals surface area contributed by atoms with E-state index < -0.39 is 12.1 Å². The molecule has 0 fully saturated rings. The molecule has 0 amide bonds. The van der Waals surface area contributed by atoms with E-state index in [1.807, 2.05) is 0 Å². The van der Waals surface area contributed by atoms with E-state index in [0.717, 1.165) is 0 Å². The van der Waals surface area contributed by atoms with Crippen LogP contribution in [-0.2, 0) is 9.53 Å². The van der Waals surface area contributed by atoms with Crippen molar-refractivity contribution in [3.05, 3.63) is 0 Å². The Bertz CT molecular complexity index is 149. The summed E-state index contributed by atoms with van der Waals surface area (Å²) in [7, 11) is 1.24. The monoisotopic (exact) mass is 128 g/mol. The Hall–Kier alpha value is -1.01. The predicted octanol–water partition coefficient (Wildman–Crippen LogP) is -0.456. The van der Waals surface area contributed by atoms with Crippen LogP contribution in [0.25, 0.3) is 0 Å². The summed E-state index contributed by atoms with van der Waals surface area (Å²) < 4.78 is 4.18. The number of rotatable bonds is 0. The molecule has 3 nitrogen and oxygen atoms in total. The SMILES string of the molecule is COC(=O)C#C[C@@H](C)O. The molecule has 0 saturated heterocycles. The van der Waals surface area contributed by atoms with Gasteiger partial charge >= 0.3 is 5.97 Å². The van der Waals surface area contributed by atoms with E-state index in [0.29, 0.717) is 0 Å². The minimum Gasteiger partial charge on any atom is -0.459 e. The summed E-state index contributed by atoms with van der Waals surface area (Å²) in [6, 6.07) is 0. The highest BCUT2D eigenvalue weighted by Crippen LogP contribution is 1.73. The Balaban J connectivity index is 3.73. The van der Waals surface area contributed by atoms with E-state index in [2.05, 4.69) is 16.6 Å². The zero-order valence-electron chi connectivity index (χ0n) is 5.34. The van der Waals surface area contributed by atoms with Crippen LogP contribution in [0, 0.1) is 11.8 Å². The average Bonchev–Trinajstić information content (AvgIpc) is 1.83. The van der Waals surface area contributed by atoms with Gasteiger partial charge in [0.05, 0.1) is 7.11 Å². The van der Waals surface area contributed by atoms with Crippen molar-refractivity contribution in [2.24, 2.45) is 0 Å². The summed E-state index contributed by atoms with van der Waals surface area (Å²) in [6.07, 6.45) is -0.774. The van der Waals surface area contributed by atoms with Gasteiger partial charge in [-0.25, -0.2) is 4.79 Å². The average molecular weight is 128 g/mol. The van der Waals surface area contributed by atoms with Crippen molar-refractivity contribution in [3.63, 3.8) is 0 Å². The van der Waals surface area contributed by atoms with Crippen molar-refractivity contribution < 1.29 is 14.6 Å². The molecule has 0 aliphatic carbocycles. The molecule has 1 atom stereocenters. The van der Waals surface area contributed by atoms with Gasteiger partial charge in [0, 0.05) is 5.92 Å². The minimum absolute atomic E-state index is 0.629. The van der Waals surface area contributed by atoms with Gasteiger partial charge < -0.3 is 9.84 Å². The molecule has 0 aliphatic rings. The van der Waals surface area contributed by atoms with E-state index in [4.69, 9.17) is 5.11 Å². The van der Waals surface area contributed by atoms with Crippen LogP contribution in [0.15, 0.2) is 0 Å². The number of aliphatic hydroxyl groups is 1. The van der Waals surface area contributed by atoms with Gasteiger partial charge in [0.15, 0.2) is 0 Å². The molecule has 50 valence electrons. The predicted molar refractivity (Wildman–Crippen MR) is 31.5 cm³/mol. The van der Waals surface area contributed by atoms with Crippen molar-refractivity contribution in [1.29, 1.82) is 0 Å². The largest absolute Gasteiger partial charge is 0.459 e. The summed E-state index contributed by atoms with van der Waals surface area (Å²) in [5.41, 5.74) is 0. The number of hydrogen-bond donors (Lipinski definition) is 1. The zero-order chi connectivity index (χ0) is 7.28. The van der Waals surface area contributed by atoms with Gasteiger partial charge in [-0.2, -0.15) is 0 Å². The lowest BCUT2D eigenvalue weighted by Gasteiger charge is -1.87. The minimum atomic E-state index is -0.774. The number of methoxy groups -OCH3 is 1. The summed E-state index contributed by atoms with van der Waals surface area (Å²) in [5.74, 6) is 3.67. The maximum Gasteiger partial charge on any atom is 0.384 e. The fourth-order valence-electron chi connectivity index (χ4n) is 0.214. The summed E-state index contributed by atoms with van der Waals surface area (Å²) in [6.45, 7) is 1.47. The molecular formula is C6H8O3. The molecule has 0 aliphatic heterocycles. The summed E-state index contributed by atoms with van der Waals surface area (Å²) in [4.78, 5) is 10.2. The molecule has 0 aromatic carbocycles. The fourth-order valence-corrected chi connectivity index (χ4v) is 0.214. The molecule has 0 rings (SSSR count). The highest BCUT2D eigenvalue weighted by atomic mass is 16.5. The number of esters is 1. The van der Waals surface area contributed by atoms with Crippen molar-refractivity contribution in [2.75, 3.05) is 7.11 Å². The third-order valence-electron chi connectivity index (χ3n) is 0.569. The Morgan fingerprint density at radius 3 is 2.67 bits per heavy atom. The second-order valence-electron chi connectivity index (χ2n) is 1.44. The first-order valence-corrected chi connectivity index (χ1v) is 2.44. The molecule has 3 heteroatoms. The van der Waals surface area contributed by atoms with Gasteiger partial charge in [-0.05, 0) is 6.92 Å². The van der Waals surface area contributed by atoms with E-state index in [1.54, 1.807) is 0 Å². The number of aliphatic hydroxyl groups excluding tert-OH is 1. The first-order chi connectivity index (χ1) is 4.16. The summed E-state index contributed by atoms with van der Waals surface area (Å²) in [5, 5.41) is 8.52. The highest BCUT2D eigenvalue weighted by Gasteiger charge is 1.89. The molecule has 0 bridgehead atoms. The molecule has 1 N–H and O–H groups in total. The second-order valence-corrected chi connectivity index (χ2v) is 1.44. The van der Waals surface area contributed by atoms with Crippen LogP contribution < -0.4 is 0 Å². The van der Waals surface area contributed by atoms with Crippen LogP contribution in [0.1, 0.15) is 6.92 Å². The Morgan fingerprint density at radius 1 is 1.78 bits per heavy atom. The van der Waals surface area contributed by atoms with E-state index in [-0.39, 0.29) is 0 Å². The third-order valence-corrected chi connectivity index (χ3v) is 0.569. The van der Waals surface area contributed by atoms with Gasteiger partial charge in [0.25, 0.3) is 0 Å². The lowest BCUT2D eigenvalue weighted by molar-refractivity contribution is -0.133. The molecule has 0 heterocycles. The van der Waals surface area contributed by atoms with Crippen LogP contribution in [0.2, 0.25) is 0 Å². The molecule has 0 aromatic rings. The van der Waals surface area contributed by atoms with Gasteiger partial charge in [-0.1, -0.05) is 5.92 Å². The van der Waals surface area contributed by atoms with Crippen molar-refractivity contribution >= 4 is 5.97 Å². The Labute approximate surface area is 53.6 Å². The van der Waals surface area contributed by atoms with Gasteiger partial charge in [-0.15, -0.1) is 0 Å². The molecule has 0 spiro atoms. The zero-order valence-corrected chi connectivity index (χ0v) is 5.34. The van der Waals surface area contributed by atoms with Gasteiger partial charge in [0.2, 0.25) is 0 Å². The topological polar surface area (TPSA) is 46.5 Å². The van der Waals surface area contributed by atoms with Crippen LogP contribution in [0.5, 0.6) is 0 Å². The molecule has 0 unspecified atom stereocenters. The molecule has 0 aromatic heterocycles. The number of ether oxygens (including phenoxy) is 1. The maximum absolute atomic E-state index is 10.2. The van der Waals surface area contributed by atoms with Gasteiger partial charge in [-0.3, -0.25) is 0 Å². The lowest BCUT2D eigenvalue weighted by atomic mass is 10.4. The van der Waals surface area contributed by atoms with Crippen molar-refractivity contribution in [1.82, 2.24) is 0 Å². The smallest absolute Gasteiger partial charge is 0.384 e. The highest BCUT2D eigenvalue weighted by molar-refractivity contribution is 5.88. The maximum atomic E-state index is 10.2. The molecular weight excluding hydrogens is 120 g/mol. The quantitative estimate of drug-likeness (QED) is 0.273. The standard InChI is InChI=1S/C6H8O3/c1-5(7)3-4-6(8)9-2/h5,7H,1-2H3/t5-/m1/s1. The molecule has 0 saturated carbocycles. The van der Waals surface area contributed by atoms with Crippen molar-refractivity contribution in [2.45, 2.75) is 13.0 Å². The van der Waals surface area contributed by atoms with Crippen LogP contribution in [0.4, 0.5) is 0 Å². The van der Waals surface area contributed by atoms with Crippen LogP contribution in [0.3, 0.4) is 0 Å². The third kappa shape index (κ3) is 4.85. The van der Waals surface area contributed by atoms with Crippen molar-refractivity contribution in [3.8, 4) is 11.8 Å². The summed E-state index contributed by atoms with van der Waals surface area (Å²) >= 11 is 0. The van der Waals surface area contributed by atoms with Crippen LogP contribution >= 0.6 is 0 Å².